The second kappa shape index (κ2) is 5.12. The highest BCUT2D eigenvalue weighted by Gasteiger charge is 2.24. The minimum absolute atomic E-state index is 0.00313. The molecule has 17 heavy (non-hydrogen) atoms. The van der Waals surface area contributed by atoms with Crippen LogP contribution in [0.15, 0.2) is 12.4 Å². The van der Waals surface area contributed by atoms with E-state index in [1.807, 2.05) is 0 Å². The largest absolute Gasteiger partial charge is 0.476 e. The van der Waals surface area contributed by atoms with Crippen LogP contribution in [-0.4, -0.2) is 34.1 Å². The van der Waals surface area contributed by atoms with Crippen LogP contribution in [0, 0.1) is 5.92 Å². The minimum Gasteiger partial charge on any atom is -0.476 e. The molecule has 0 bridgehead atoms. The fraction of sp³-hybridized carbons (Fsp3) is 0.583. The van der Waals surface area contributed by atoms with Crippen LogP contribution in [0.3, 0.4) is 0 Å². The zero-order valence-electron chi connectivity index (χ0n) is 9.96. The number of aromatic carboxylic acids is 1. The Morgan fingerprint density at radius 2 is 2.24 bits per heavy atom. The monoisotopic (exact) mass is 235 g/mol. The van der Waals surface area contributed by atoms with Gasteiger partial charge in [0.2, 0.25) is 0 Å². The zero-order chi connectivity index (χ0) is 12.3. The summed E-state index contributed by atoms with van der Waals surface area (Å²) in [5.41, 5.74) is -0.00313. The quantitative estimate of drug-likeness (QED) is 0.814. The van der Waals surface area contributed by atoms with Crippen molar-refractivity contribution in [1.29, 1.82) is 0 Å². The SMILES string of the molecule is CCCN(CC1CC1)c1cnc(C(=O)O)cn1. The third-order valence-corrected chi connectivity index (χ3v) is 2.85. The molecule has 0 aromatic carbocycles. The summed E-state index contributed by atoms with van der Waals surface area (Å²) < 4.78 is 0. The first-order chi connectivity index (χ1) is 8.20. The van der Waals surface area contributed by atoms with Gasteiger partial charge in [-0.1, -0.05) is 6.92 Å². The van der Waals surface area contributed by atoms with E-state index in [1.165, 1.54) is 19.0 Å². The van der Waals surface area contributed by atoms with Gasteiger partial charge in [-0.2, -0.15) is 0 Å². The molecule has 0 aliphatic heterocycles. The molecule has 0 amide bonds. The van der Waals surface area contributed by atoms with E-state index in [0.717, 1.165) is 31.2 Å². The Hall–Kier alpha value is -1.65. The predicted octanol–water partition coefficient (Wildman–Crippen LogP) is 1.80. The number of nitrogens with zero attached hydrogens (tertiary/aromatic N) is 3. The standard InChI is InChI=1S/C12H17N3O2/c1-2-5-15(8-9-3-4-9)11-7-13-10(6-14-11)12(16)17/h6-7,9H,2-5,8H2,1H3,(H,16,17). The van der Waals surface area contributed by atoms with Gasteiger partial charge in [-0.05, 0) is 25.2 Å². The van der Waals surface area contributed by atoms with E-state index in [1.54, 1.807) is 6.20 Å². The molecule has 1 saturated carbocycles. The Bertz CT molecular complexity index is 387. The van der Waals surface area contributed by atoms with Gasteiger partial charge < -0.3 is 10.0 Å². The van der Waals surface area contributed by atoms with Crippen molar-refractivity contribution in [2.75, 3.05) is 18.0 Å². The fourth-order valence-electron chi connectivity index (χ4n) is 1.78. The predicted molar refractivity (Wildman–Crippen MR) is 64.2 cm³/mol. The third-order valence-electron chi connectivity index (χ3n) is 2.85. The molecule has 1 fully saturated rings. The minimum atomic E-state index is -1.03. The number of hydrogen-bond donors (Lipinski definition) is 1. The molecule has 1 aromatic heterocycles. The van der Waals surface area contributed by atoms with Crippen molar-refractivity contribution in [3.63, 3.8) is 0 Å². The van der Waals surface area contributed by atoms with Gasteiger partial charge in [0, 0.05) is 13.1 Å². The van der Waals surface area contributed by atoms with Crippen LogP contribution in [0.4, 0.5) is 5.82 Å². The van der Waals surface area contributed by atoms with E-state index >= 15 is 0 Å². The number of carbonyl (C=O) groups is 1. The molecule has 2 rings (SSSR count). The zero-order valence-corrected chi connectivity index (χ0v) is 9.96. The summed E-state index contributed by atoms with van der Waals surface area (Å²) in [6.07, 6.45) is 6.52. The van der Waals surface area contributed by atoms with Crippen LogP contribution in [0.1, 0.15) is 36.7 Å². The molecule has 1 heterocycles. The topological polar surface area (TPSA) is 66.3 Å². The second-order valence-electron chi connectivity index (χ2n) is 4.45. The summed E-state index contributed by atoms with van der Waals surface area (Å²) in [5, 5.41) is 8.76. The maximum atomic E-state index is 10.7. The number of anilines is 1. The summed E-state index contributed by atoms with van der Waals surface area (Å²) in [6, 6.07) is 0. The molecule has 1 N–H and O–H groups in total. The average molecular weight is 235 g/mol. The molecule has 92 valence electrons. The smallest absolute Gasteiger partial charge is 0.356 e. The number of carboxylic acids is 1. The average Bonchev–Trinajstić information content (AvgIpc) is 3.13. The van der Waals surface area contributed by atoms with E-state index < -0.39 is 5.97 Å². The van der Waals surface area contributed by atoms with Crippen molar-refractivity contribution < 1.29 is 9.90 Å². The second-order valence-corrected chi connectivity index (χ2v) is 4.45. The number of rotatable bonds is 6. The van der Waals surface area contributed by atoms with Crippen molar-refractivity contribution in [3.05, 3.63) is 18.1 Å². The molecule has 1 aliphatic carbocycles. The van der Waals surface area contributed by atoms with E-state index in [4.69, 9.17) is 5.11 Å². The van der Waals surface area contributed by atoms with Gasteiger partial charge in [0.25, 0.3) is 0 Å². The number of carboxylic acid groups (broad SMARTS) is 1. The van der Waals surface area contributed by atoms with Crippen molar-refractivity contribution in [3.8, 4) is 0 Å². The molecule has 0 radical (unpaired) electrons. The lowest BCUT2D eigenvalue weighted by molar-refractivity contribution is 0.0690. The van der Waals surface area contributed by atoms with Crippen molar-refractivity contribution in [2.45, 2.75) is 26.2 Å². The molecular weight excluding hydrogens is 218 g/mol. The Kier molecular flexibility index (Phi) is 3.56. The molecule has 0 spiro atoms. The molecule has 0 unspecified atom stereocenters. The summed E-state index contributed by atoms with van der Waals surface area (Å²) in [6.45, 7) is 4.07. The molecule has 0 atom stereocenters. The summed E-state index contributed by atoms with van der Waals surface area (Å²) in [5.74, 6) is 0.527. The molecular formula is C12H17N3O2. The van der Waals surface area contributed by atoms with Crippen molar-refractivity contribution >= 4 is 11.8 Å². The van der Waals surface area contributed by atoms with Gasteiger partial charge in [0.15, 0.2) is 5.69 Å². The Morgan fingerprint density at radius 1 is 1.47 bits per heavy atom. The summed E-state index contributed by atoms with van der Waals surface area (Å²) in [7, 11) is 0. The van der Waals surface area contributed by atoms with Crippen molar-refractivity contribution in [2.24, 2.45) is 5.92 Å². The first kappa shape index (κ1) is 11.8. The van der Waals surface area contributed by atoms with E-state index in [-0.39, 0.29) is 5.69 Å². The van der Waals surface area contributed by atoms with Gasteiger partial charge in [-0.25, -0.2) is 14.8 Å². The summed E-state index contributed by atoms with van der Waals surface area (Å²) in [4.78, 5) is 21.0. The van der Waals surface area contributed by atoms with E-state index in [0.29, 0.717) is 0 Å². The highest BCUT2D eigenvalue weighted by atomic mass is 16.4. The highest BCUT2D eigenvalue weighted by molar-refractivity contribution is 5.84. The van der Waals surface area contributed by atoms with Gasteiger partial charge in [0.05, 0.1) is 12.4 Å². The lowest BCUT2D eigenvalue weighted by Crippen LogP contribution is -2.27. The van der Waals surface area contributed by atoms with Gasteiger partial charge in [-0.15, -0.1) is 0 Å². The first-order valence-corrected chi connectivity index (χ1v) is 6.01. The van der Waals surface area contributed by atoms with Crippen LogP contribution in [-0.2, 0) is 0 Å². The Morgan fingerprint density at radius 3 is 2.71 bits per heavy atom. The molecule has 5 heteroatoms. The highest BCUT2D eigenvalue weighted by Crippen LogP contribution is 2.30. The van der Waals surface area contributed by atoms with Crippen LogP contribution < -0.4 is 4.90 Å². The van der Waals surface area contributed by atoms with E-state index in [9.17, 15) is 4.79 Å². The lowest BCUT2D eigenvalue weighted by Gasteiger charge is -2.22. The lowest BCUT2D eigenvalue weighted by atomic mass is 10.3. The normalized spacial score (nSPS) is 14.6. The third kappa shape index (κ3) is 3.15. The van der Waals surface area contributed by atoms with Gasteiger partial charge in [0.1, 0.15) is 5.82 Å². The maximum absolute atomic E-state index is 10.7. The maximum Gasteiger partial charge on any atom is 0.356 e. The van der Waals surface area contributed by atoms with Crippen LogP contribution >= 0.6 is 0 Å². The Labute approximate surface area is 100 Å². The van der Waals surface area contributed by atoms with Crippen molar-refractivity contribution in [1.82, 2.24) is 9.97 Å². The van der Waals surface area contributed by atoms with Gasteiger partial charge >= 0.3 is 5.97 Å². The number of aromatic nitrogens is 2. The van der Waals surface area contributed by atoms with Gasteiger partial charge in [-0.3, -0.25) is 0 Å². The number of hydrogen-bond acceptors (Lipinski definition) is 4. The molecule has 0 saturated heterocycles. The van der Waals surface area contributed by atoms with Crippen LogP contribution in [0.2, 0.25) is 0 Å². The first-order valence-electron chi connectivity index (χ1n) is 6.01. The fourth-order valence-corrected chi connectivity index (χ4v) is 1.78. The van der Waals surface area contributed by atoms with Crippen LogP contribution in [0.5, 0.6) is 0 Å². The van der Waals surface area contributed by atoms with Crippen LogP contribution in [0.25, 0.3) is 0 Å². The molecule has 5 nitrogen and oxygen atoms in total. The molecule has 1 aliphatic rings. The van der Waals surface area contributed by atoms with E-state index in [2.05, 4.69) is 21.8 Å². The Balaban J connectivity index is 2.08. The molecule has 1 aromatic rings. The summed E-state index contributed by atoms with van der Waals surface area (Å²) >= 11 is 0.